The Kier molecular flexibility index (Phi) is 4.60. The molecule has 25 heavy (non-hydrogen) atoms. The van der Waals surface area contributed by atoms with E-state index in [1.165, 1.54) is 4.57 Å². The summed E-state index contributed by atoms with van der Waals surface area (Å²) in [7, 11) is 0. The van der Waals surface area contributed by atoms with E-state index in [0.29, 0.717) is 37.8 Å². The lowest BCUT2D eigenvalue weighted by Gasteiger charge is -2.14. The molecule has 130 valence electrons. The Bertz CT molecular complexity index is 998. The van der Waals surface area contributed by atoms with Crippen molar-refractivity contribution in [2.45, 2.75) is 20.0 Å². The summed E-state index contributed by atoms with van der Waals surface area (Å²) >= 11 is 12.4. The van der Waals surface area contributed by atoms with Gasteiger partial charge in [-0.2, -0.15) is 0 Å². The van der Waals surface area contributed by atoms with Gasteiger partial charge in [0.1, 0.15) is 6.54 Å². The zero-order chi connectivity index (χ0) is 18.3. The van der Waals surface area contributed by atoms with Gasteiger partial charge in [0.05, 0.1) is 10.9 Å². The molecule has 5 N–H and O–H groups in total. The number of carbonyl (C=O) groups is 1. The van der Waals surface area contributed by atoms with Gasteiger partial charge >= 0.3 is 0 Å². The van der Waals surface area contributed by atoms with E-state index in [2.05, 4.69) is 4.98 Å². The van der Waals surface area contributed by atoms with Crippen LogP contribution in [0.5, 0.6) is 5.88 Å². The van der Waals surface area contributed by atoms with E-state index in [4.69, 9.17) is 34.7 Å². The van der Waals surface area contributed by atoms with Crippen molar-refractivity contribution in [3.8, 4) is 17.0 Å². The van der Waals surface area contributed by atoms with Crippen molar-refractivity contribution in [2.24, 2.45) is 11.5 Å². The first-order valence-corrected chi connectivity index (χ1v) is 8.24. The first-order chi connectivity index (χ1) is 11.8. The molecule has 3 rings (SSSR count). The van der Waals surface area contributed by atoms with Crippen molar-refractivity contribution >= 4 is 40.0 Å². The molecule has 1 aromatic carbocycles. The molecule has 0 unspecified atom stereocenters. The number of amides is 1. The number of hydrogen-bond acceptors (Lipinski definition) is 4. The van der Waals surface area contributed by atoms with E-state index in [1.54, 1.807) is 24.4 Å². The minimum Gasteiger partial charge on any atom is -0.494 e. The standard InChI is InChI=1S/C17H16Cl2N4O2/c1-8-11(5-20)15(10-3-2-9(18)4-12(10)19)16-13(22-8)6-23(17(16)25)7-14(21)24/h2-4,6,25H,5,7,20H2,1H3,(H2,21,24). The Morgan fingerprint density at radius 1 is 1.36 bits per heavy atom. The highest BCUT2D eigenvalue weighted by atomic mass is 35.5. The number of primary amides is 1. The Balaban J connectivity index is 2.42. The molecule has 0 spiro atoms. The van der Waals surface area contributed by atoms with Crippen LogP contribution in [0.4, 0.5) is 0 Å². The third-order valence-corrected chi connectivity index (χ3v) is 4.59. The van der Waals surface area contributed by atoms with Crippen LogP contribution in [-0.2, 0) is 17.9 Å². The summed E-state index contributed by atoms with van der Waals surface area (Å²) in [5.74, 6) is -0.686. The average Bonchev–Trinajstić information content (AvgIpc) is 2.81. The molecule has 8 heteroatoms. The molecule has 6 nitrogen and oxygen atoms in total. The first kappa shape index (κ1) is 17.5. The second-order valence-electron chi connectivity index (χ2n) is 5.69. The van der Waals surface area contributed by atoms with Crippen LogP contribution in [0.15, 0.2) is 24.4 Å². The summed E-state index contributed by atoms with van der Waals surface area (Å²) < 4.78 is 1.35. The van der Waals surface area contributed by atoms with Gasteiger partial charge in [-0.05, 0) is 24.6 Å². The molecule has 0 fully saturated rings. The molecule has 0 saturated carbocycles. The monoisotopic (exact) mass is 378 g/mol. The number of rotatable bonds is 4. The van der Waals surface area contributed by atoms with E-state index >= 15 is 0 Å². The maximum atomic E-state index is 11.2. The second kappa shape index (κ2) is 6.55. The van der Waals surface area contributed by atoms with Gasteiger partial charge in [-0.15, -0.1) is 0 Å². The van der Waals surface area contributed by atoms with Gasteiger partial charge in [0, 0.05) is 39.6 Å². The van der Waals surface area contributed by atoms with Gasteiger partial charge in [0.2, 0.25) is 11.8 Å². The lowest BCUT2D eigenvalue weighted by molar-refractivity contribution is -0.118. The molecule has 0 saturated heterocycles. The number of aromatic nitrogens is 2. The molecule has 0 atom stereocenters. The number of nitrogens with zero attached hydrogens (tertiary/aromatic N) is 2. The zero-order valence-corrected chi connectivity index (χ0v) is 14.9. The fraction of sp³-hybridized carbons (Fsp3) is 0.176. The lowest BCUT2D eigenvalue weighted by Crippen LogP contribution is -2.17. The van der Waals surface area contributed by atoms with Crippen molar-refractivity contribution in [1.29, 1.82) is 0 Å². The normalized spacial score (nSPS) is 11.2. The van der Waals surface area contributed by atoms with Crippen molar-refractivity contribution < 1.29 is 9.90 Å². The molecule has 1 amide bonds. The molecule has 0 bridgehead atoms. The summed E-state index contributed by atoms with van der Waals surface area (Å²) in [5, 5.41) is 12.0. The number of halogens is 2. The third-order valence-electron chi connectivity index (χ3n) is 4.04. The fourth-order valence-corrected chi connectivity index (χ4v) is 3.47. The maximum Gasteiger partial charge on any atom is 0.237 e. The predicted molar refractivity (Wildman–Crippen MR) is 98.7 cm³/mol. The number of pyridine rings is 1. The summed E-state index contributed by atoms with van der Waals surface area (Å²) in [6.07, 6.45) is 1.58. The molecular weight excluding hydrogens is 363 g/mol. The van der Waals surface area contributed by atoms with Gasteiger partial charge in [-0.3, -0.25) is 9.78 Å². The van der Waals surface area contributed by atoms with Gasteiger partial charge in [-0.25, -0.2) is 0 Å². The smallest absolute Gasteiger partial charge is 0.237 e. The van der Waals surface area contributed by atoms with E-state index < -0.39 is 5.91 Å². The molecule has 0 radical (unpaired) electrons. The van der Waals surface area contributed by atoms with Crippen molar-refractivity contribution in [2.75, 3.05) is 0 Å². The van der Waals surface area contributed by atoms with Crippen LogP contribution in [0.25, 0.3) is 22.0 Å². The molecule has 2 aromatic heterocycles. The van der Waals surface area contributed by atoms with Crippen LogP contribution < -0.4 is 11.5 Å². The zero-order valence-electron chi connectivity index (χ0n) is 13.4. The van der Waals surface area contributed by atoms with Gasteiger partial charge in [0.25, 0.3) is 0 Å². The summed E-state index contributed by atoms with van der Waals surface area (Å²) in [6, 6.07) is 5.10. The number of carbonyl (C=O) groups excluding carboxylic acids is 1. The highest BCUT2D eigenvalue weighted by molar-refractivity contribution is 6.36. The van der Waals surface area contributed by atoms with Gasteiger partial charge in [0.15, 0.2) is 0 Å². The molecule has 0 aliphatic heterocycles. The number of nitrogens with two attached hydrogens (primary N) is 2. The molecule has 0 aliphatic rings. The Morgan fingerprint density at radius 3 is 2.68 bits per heavy atom. The van der Waals surface area contributed by atoms with Crippen LogP contribution in [0.1, 0.15) is 11.3 Å². The summed E-state index contributed by atoms with van der Waals surface area (Å²) in [6.45, 7) is 1.88. The summed E-state index contributed by atoms with van der Waals surface area (Å²) in [5.41, 5.74) is 14.5. The van der Waals surface area contributed by atoms with Crippen molar-refractivity contribution in [3.05, 3.63) is 45.7 Å². The first-order valence-electron chi connectivity index (χ1n) is 7.48. The van der Waals surface area contributed by atoms with Crippen LogP contribution in [0, 0.1) is 6.92 Å². The largest absolute Gasteiger partial charge is 0.494 e. The van der Waals surface area contributed by atoms with Crippen molar-refractivity contribution in [1.82, 2.24) is 9.55 Å². The van der Waals surface area contributed by atoms with Crippen LogP contribution in [-0.4, -0.2) is 20.6 Å². The summed E-state index contributed by atoms with van der Waals surface area (Å²) in [4.78, 5) is 15.7. The fourth-order valence-electron chi connectivity index (χ4n) is 2.96. The number of benzene rings is 1. The van der Waals surface area contributed by atoms with Crippen LogP contribution in [0.2, 0.25) is 10.0 Å². The lowest BCUT2D eigenvalue weighted by atomic mass is 9.95. The SMILES string of the molecule is Cc1nc2cn(CC(N)=O)c(O)c2c(-c2ccc(Cl)cc2Cl)c1CN. The minimum atomic E-state index is -0.572. The van der Waals surface area contributed by atoms with Gasteiger partial charge in [-0.1, -0.05) is 29.3 Å². The average molecular weight is 379 g/mol. The maximum absolute atomic E-state index is 11.2. The topological polar surface area (TPSA) is 107 Å². The highest BCUT2D eigenvalue weighted by Gasteiger charge is 2.22. The van der Waals surface area contributed by atoms with Crippen molar-refractivity contribution in [3.63, 3.8) is 0 Å². The predicted octanol–water partition coefficient (Wildman–Crippen LogP) is 2.97. The van der Waals surface area contributed by atoms with Crippen LogP contribution >= 0.6 is 23.2 Å². The molecule has 2 heterocycles. The number of aryl methyl sites for hydroxylation is 1. The molecule has 0 aliphatic carbocycles. The van der Waals surface area contributed by atoms with E-state index in [0.717, 1.165) is 5.56 Å². The number of fused-ring (bicyclic) bond motifs is 1. The van der Waals surface area contributed by atoms with Crippen LogP contribution in [0.3, 0.4) is 0 Å². The number of hydrogen-bond donors (Lipinski definition) is 3. The van der Waals surface area contributed by atoms with Gasteiger partial charge < -0.3 is 21.1 Å². The van der Waals surface area contributed by atoms with E-state index in [-0.39, 0.29) is 19.0 Å². The quantitative estimate of drug-likeness (QED) is 0.648. The Hall–Kier alpha value is -2.28. The Labute approximate surface area is 154 Å². The second-order valence-corrected chi connectivity index (χ2v) is 6.53. The molecular formula is C17H16Cl2N4O2. The Morgan fingerprint density at radius 2 is 2.08 bits per heavy atom. The number of aromatic hydroxyl groups is 1. The van der Waals surface area contributed by atoms with E-state index in [9.17, 15) is 9.90 Å². The third kappa shape index (κ3) is 3.04. The molecule has 3 aromatic rings. The van der Waals surface area contributed by atoms with E-state index in [1.807, 2.05) is 6.92 Å². The highest BCUT2D eigenvalue weighted by Crippen LogP contribution is 2.42. The minimum absolute atomic E-state index is 0.114.